The molecule has 10 heteroatoms. The van der Waals surface area contributed by atoms with E-state index in [4.69, 9.17) is 45.6 Å². The van der Waals surface area contributed by atoms with Crippen molar-refractivity contribution in [1.29, 1.82) is 0 Å². The van der Waals surface area contributed by atoms with Crippen molar-refractivity contribution in [3.8, 4) is 0 Å². The smallest absolute Gasteiger partial charge is 0.157 e. The molecule has 10 nitrogen and oxygen atoms in total. The standard InChI is InChI=1S/2C6H12O5/c7-2-4-6(10)3(8)1-5(9)11-4;7-2-1-4(9)6(11)5(10)3-8/h3-10H,1-2H2;2,4-6,8-11H,1,3H2/t3-,4-,5?,6+;4-,5-,6+/m11/s1. The Kier molecular flexibility index (Phi) is 10.6. The molecule has 7 atom stereocenters. The molecule has 1 aliphatic heterocycles. The van der Waals surface area contributed by atoms with Crippen molar-refractivity contribution in [2.24, 2.45) is 0 Å². The van der Waals surface area contributed by atoms with E-state index in [1.54, 1.807) is 0 Å². The zero-order chi connectivity index (χ0) is 17.3. The van der Waals surface area contributed by atoms with Gasteiger partial charge in [0.25, 0.3) is 0 Å². The zero-order valence-corrected chi connectivity index (χ0v) is 11.8. The molecule has 132 valence electrons. The number of rotatable bonds is 6. The van der Waals surface area contributed by atoms with Gasteiger partial charge < -0.3 is 50.4 Å². The number of ether oxygens (including phenoxy) is 1. The van der Waals surface area contributed by atoms with Crippen LogP contribution in [-0.2, 0) is 9.53 Å². The van der Waals surface area contributed by atoms with Crippen molar-refractivity contribution in [1.82, 2.24) is 0 Å². The van der Waals surface area contributed by atoms with Gasteiger partial charge in [0.15, 0.2) is 6.29 Å². The van der Waals surface area contributed by atoms with Gasteiger partial charge >= 0.3 is 0 Å². The summed E-state index contributed by atoms with van der Waals surface area (Å²) in [4.78, 5) is 9.82. The predicted octanol–water partition coefficient (Wildman–Crippen LogP) is -4.54. The summed E-state index contributed by atoms with van der Waals surface area (Å²) in [7, 11) is 0. The third kappa shape index (κ3) is 7.05. The first kappa shape index (κ1) is 21.3. The summed E-state index contributed by atoms with van der Waals surface area (Å²) in [5.74, 6) is 0. The third-order valence-electron chi connectivity index (χ3n) is 3.04. The summed E-state index contributed by atoms with van der Waals surface area (Å²) in [6.45, 7) is -1.05. The van der Waals surface area contributed by atoms with Gasteiger partial charge in [0.1, 0.15) is 30.7 Å². The fourth-order valence-electron chi connectivity index (χ4n) is 1.69. The molecule has 22 heavy (non-hydrogen) atoms. The van der Waals surface area contributed by atoms with E-state index in [0.717, 1.165) is 0 Å². The lowest BCUT2D eigenvalue weighted by Gasteiger charge is -2.33. The van der Waals surface area contributed by atoms with Gasteiger partial charge in [-0.3, -0.25) is 0 Å². The molecule has 0 amide bonds. The summed E-state index contributed by atoms with van der Waals surface area (Å²) >= 11 is 0. The van der Waals surface area contributed by atoms with E-state index in [2.05, 4.69) is 0 Å². The van der Waals surface area contributed by atoms with Crippen LogP contribution in [0.2, 0.25) is 0 Å². The Morgan fingerprint density at radius 2 is 1.68 bits per heavy atom. The van der Waals surface area contributed by atoms with Crippen molar-refractivity contribution in [2.45, 2.75) is 55.8 Å². The van der Waals surface area contributed by atoms with Crippen molar-refractivity contribution in [2.75, 3.05) is 13.2 Å². The number of carbonyl (C=O) groups excluding carboxylic acids is 1. The Bertz CT molecular complexity index is 302. The van der Waals surface area contributed by atoms with Crippen molar-refractivity contribution in [3.05, 3.63) is 0 Å². The quantitative estimate of drug-likeness (QED) is 0.220. The van der Waals surface area contributed by atoms with Crippen LogP contribution in [0.15, 0.2) is 0 Å². The van der Waals surface area contributed by atoms with E-state index < -0.39 is 56.1 Å². The molecule has 1 rings (SSSR count). The summed E-state index contributed by atoms with van der Waals surface area (Å²) in [5.41, 5.74) is 0. The topological polar surface area (TPSA) is 188 Å². The number of aliphatic hydroxyl groups excluding tert-OH is 8. The van der Waals surface area contributed by atoms with Crippen molar-refractivity contribution >= 4 is 6.29 Å². The molecule has 0 aromatic heterocycles. The van der Waals surface area contributed by atoms with Crippen LogP contribution >= 0.6 is 0 Å². The first-order valence-corrected chi connectivity index (χ1v) is 6.67. The van der Waals surface area contributed by atoms with Gasteiger partial charge in [-0.1, -0.05) is 0 Å². The molecular weight excluding hydrogens is 304 g/mol. The second-order valence-corrected chi connectivity index (χ2v) is 4.82. The molecule has 0 aromatic rings. The molecular formula is C12H24O10. The largest absolute Gasteiger partial charge is 0.394 e. The molecule has 1 saturated heterocycles. The second kappa shape index (κ2) is 10.9. The predicted molar refractivity (Wildman–Crippen MR) is 70.4 cm³/mol. The van der Waals surface area contributed by atoms with E-state index in [-0.39, 0.29) is 12.8 Å². The van der Waals surface area contributed by atoms with E-state index in [1.807, 2.05) is 0 Å². The molecule has 0 radical (unpaired) electrons. The lowest BCUT2D eigenvalue weighted by Crippen LogP contribution is -2.49. The average molecular weight is 328 g/mol. The third-order valence-corrected chi connectivity index (χ3v) is 3.04. The Labute approximate surface area is 126 Å². The minimum atomic E-state index is -1.47. The van der Waals surface area contributed by atoms with Gasteiger partial charge in [0.05, 0.1) is 25.4 Å². The van der Waals surface area contributed by atoms with Gasteiger partial charge in [-0.15, -0.1) is 0 Å². The van der Waals surface area contributed by atoms with Crippen LogP contribution in [0.3, 0.4) is 0 Å². The van der Waals surface area contributed by atoms with Crippen LogP contribution < -0.4 is 0 Å². The molecule has 1 aliphatic rings. The Morgan fingerprint density at radius 3 is 2.14 bits per heavy atom. The van der Waals surface area contributed by atoms with Gasteiger partial charge in [-0.05, 0) is 0 Å². The highest BCUT2D eigenvalue weighted by Gasteiger charge is 2.35. The van der Waals surface area contributed by atoms with Crippen LogP contribution in [0.25, 0.3) is 0 Å². The van der Waals surface area contributed by atoms with Crippen LogP contribution in [0, 0.1) is 0 Å². The van der Waals surface area contributed by atoms with Crippen LogP contribution in [0.5, 0.6) is 0 Å². The zero-order valence-electron chi connectivity index (χ0n) is 11.8. The highest BCUT2D eigenvalue weighted by atomic mass is 16.6. The molecule has 8 N–H and O–H groups in total. The van der Waals surface area contributed by atoms with Crippen LogP contribution in [-0.4, -0.2) is 103 Å². The Morgan fingerprint density at radius 1 is 1.09 bits per heavy atom. The van der Waals surface area contributed by atoms with E-state index in [0.29, 0.717) is 6.29 Å². The van der Waals surface area contributed by atoms with E-state index >= 15 is 0 Å². The Hall–Kier alpha value is -0.690. The number of aliphatic hydroxyl groups is 8. The number of aldehydes is 1. The van der Waals surface area contributed by atoms with Gasteiger partial charge in [-0.2, -0.15) is 0 Å². The molecule has 0 saturated carbocycles. The second-order valence-electron chi connectivity index (χ2n) is 4.82. The fraction of sp³-hybridized carbons (Fsp3) is 0.917. The van der Waals surface area contributed by atoms with Crippen molar-refractivity contribution in [3.63, 3.8) is 0 Å². The number of hydrogen-bond donors (Lipinski definition) is 8. The lowest BCUT2D eigenvalue weighted by atomic mass is 10.0. The summed E-state index contributed by atoms with van der Waals surface area (Å²) in [5, 5.41) is 70.5. The highest BCUT2D eigenvalue weighted by molar-refractivity contribution is 5.50. The van der Waals surface area contributed by atoms with Gasteiger partial charge in [-0.25, -0.2) is 0 Å². The van der Waals surface area contributed by atoms with Crippen LogP contribution in [0.4, 0.5) is 0 Å². The van der Waals surface area contributed by atoms with Crippen molar-refractivity contribution < 1.29 is 50.4 Å². The highest BCUT2D eigenvalue weighted by Crippen LogP contribution is 2.18. The molecule has 0 aromatic carbocycles. The molecule has 1 heterocycles. The summed E-state index contributed by atoms with van der Waals surface area (Å²) < 4.78 is 4.71. The molecule has 0 aliphatic carbocycles. The minimum Gasteiger partial charge on any atom is -0.394 e. The maximum absolute atomic E-state index is 9.82. The first-order valence-electron chi connectivity index (χ1n) is 6.67. The fourth-order valence-corrected chi connectivity index (χ4v) is 1.69. The monoisotopic (exact) mass is 328 g/mol. The SMILES string of the molecule is O=CC[C@@H](O)[C@H](O)[C@H](O)CO.OC[C@H]1OC(O)C[C@@H](O)[C@@H]1O. The van der Waals surface area contributed by atoms with Gasteiger partial charge in [0.2, 0.25) is 0 Å². The summed E-state index contributed by atoms with van der Waals surface area (Å²) in [6.07, 6.45) is -8.11. The number of hydrogen-bond acceptors (Lipinski definition) is 10. The maximum atomic E-state index is 9.82. The summed E-state index contributed by atoms with van der Waals surface area (Å²) in [6, 6.07) is 0. The molecule has 1 fully saturated rings. The number of carbonyl (C=O) groups is 1. The molecule has 0 bridgehead atoms. The van der Waals surface area contributed by atoms with Crippen LogP contribution in [0.1, 0.15) is 12.8 Å². The lowest BCUT2D eigenvalue weighted by molar-refractivity contribution is -0.239. The first-order chi connectivity index (χ1) is 10.3. The van der Waals surface area contributed by atoms with E-state index in [1.165, 1.54) is 0 Å². The average Bonchev–Trinajstić information content (AvgIpc) is 2.50. The van der Waals surface area contributed by atoms with E-state index in [9.17, 15) is 4.79 Å². The molecule has 0 spiro atoms. The Balaban J connectivity index is 0.000000401. The van der Waals surface area contributed by atoms with Gasteiger partial charge in [0, 0.05) is 12.8 Å². The molecule has 1 unspecified atom stereocenters. The normalized spacial score (nSPS) is 32.4. The maximum Gasteiger partial charge on any atom is 0.157 e. The minimum absolute atomic E-state index is 0.0162.